The molecule has 1 aliphatic rings. The van der Waals surface area contributed by atoms with Crippen LogP contribution in [0.15, 0.2) is 72.9 Å². The normalized spacial score (nSPS) is 17.9. The van der Waals surface area contributed by atoms with Gasteiger partial charge in [0.15, 0.2) is 0 Å². The van der Waals surface area contributed by atoms with Crippen molar-refractivity contribution in [2.75, 3.05) is 11.9 Å². The van der Waals surface area contributed by atoms with Gasteiger partial charge in [0.05, 0.1) is 6.61 Å². The number of ether oxygens (including phenoxy) is 1. The average molecular weight is 396 g/mol. The molecule has 0 aliphatic carbocycles. The van der Waals surface area contributed by atoms with E-state index < -0.39 is 0 Å². The number of aryl methyl sites for hydroxylation is 1. The number of hydrogen-bond donors (Lipinski definition) is 2. The molecule has 4 nitrogen and oxygen atoms in total. The van der Waals surface area contributed by atoms with Gasteiger partial charge >= 0.3 is 0 Å². The van der Waals surface area contributed by atoms with Crippen LogP contribution in [0.1, 0.15) is 41.0 Å². The molecule has 0 saturated carbocycles. The van der Waals surface area contributed by atoms with Crippen molar-refractivity contribution >= 4 is 22.5 Å². The number of para-hydroxylation sites is 1. The first-order valence-electron chi connectivity index (χ1n) is 10.3. The van der Waals surface area contributed by atoms with Gasteiger partial charge in [-0.2, -0.15) is 0 Å². The second-order valence-corrected chi connectivity index (χ2v) is 8.03. The molecule has 5 rings (SSSR count). The summed E-state index contributed by atoms with van der Waals surface area (Å²) in [5, 5.41) is 4.09. The summed E-state index contributed by atoms with van der Waals surface area (Å²) in [6.07, 6.45) is 2.12. The number of aromatic amines is 1. The van der Waals surface area contributed by atoms with Crippen LogP contribution >= 0.6 is 0 Å². The number of carbonyl (C=O) groups is 1. The summed E-state index contributed by atoms with van der Waals surface area (Å²) in [5.41, 5.74) is 6.84. The van der Waals surface area contributed by atoms with Gasteiger partial charge in [0.25, 0.3) is 0 Å². The Kier molecular flexibility index (Phi) is 4.55. The van der Waals surface area contributed by atoms with E-state index in [1.54, 1.807) is 0 Å². The Morgan fingerprint density at radius 2 is 1.83 bits per heavy atom. The van der Waals surface area contributed by atoms with E-state index in [0.717, 1.165) is 17.0 Å². The Morgan fingerprint density at radius 3 is 2.63 bits per heavy atom. The second kappa shape index (κ2) is 7.38. The van der Waals surface area contributed by atoms with Crippen LogP contribution in [0.3, 0.4) is 0 Å². The van der Waals surface area contributed by atoms with Crippen LogP contribution in [-0.4, -0.2) is 17.5 Å². The van der Waals surface area contributed by atoms with Crippen LogP contribution in [0.5, 0.6) is 5.75 Å². The number of benzene rings is 3. The molecular formula is C26H24N2O2. The molecule has 0 saturated heterocycles. The van der Waals surface area contributed by atoms with Gasteiger partial charge in [0.2, 0.25) is 5.91 Å². The third-order valence-electron chi connectivity index (χ3n) is 5.94. The molecule has 2 atom stereocenters. The highest BCUT2D eigenvalue weighted by Gasteiger charge is 2.34. The molecule has 0 bridgehead atoms. The molecule has 4 heteroatoms. The highest BCUT2D eigenvalue weighted by molar-refractivity contribution is 5.88. The highest BCUT2D eigenvalue weighted by Crippen LogP contribution is 2.47. The van der Waals surface area contributed by atoms with Gasteiger partial charge < -0.3 is 15.0 Å². The van der Waals surface area contributed by atoms with E-state index in [1.807, 2.05) is 12.1 Å². The quantitative estimate of drug-likeness (QED) is 0.464. The molecule has 150 valence electrons. The monoisotopic (exact) mass is 396 g/mol. The summed E-state index contributed by atoms with van der Waals surface area (Å²) in [5.74, 6) is 1.25. The molecule has 30 heavy (non-hydrogen) atoms. The van der Waals surface area contributed by atoms with Crippen LogP contribution in [0, 0.1) is 6.92 Å². The second-order valence-electron chi connectivity index (χ2n) is 8.03. The summed E-state index contributed by atoms with van der Waals surface area (Å²) >= 11 is 0. The first-order chi connectivity index (χ1) is 14.6. The SMILES string of the molecule is CC(=O)Nc1ccc(C2c3ccc(C)cc3OCC2c2c[nH]c3ccccc23)cc1. The summed E-state index contributed by atoms with van der Waals surface area (Å²) in [6, 6.07) is 23.1. The summed E-state index contributed by atoms with van der Waals surface area (Å²) < 4.78 is 6.25. The molecule has 2 N–H and O–H groups in total. The maximum Gasteiger partial charge on any atom is 0.221 e. The Hall–Kier alpha value is -3.53. The van der Waals surface area contributed by atoms with E-state index in [-0.39, 0.29) is 17.7 Å². The Labute approximate surface area is 175 Å². The number of hydrogen-bond acceptors (Lipinski definition) is 2. The Bertz CT molecular complexity index is 1220. The van der Waals surface area contributed by atoms with Gasteiger partial charge in [-0.25, -0.2) is 0 Å². The van der Waals surface area contributed by atoms with E-state index in [0.29, 0.717) is 6.61 Å². The minimum Gasteiger partial charge on any atom is -0.493 e. The van der Waals surface area contributed by atoms with Gasteiger partial charge in [-0.15, -0.1) is 0 Å². The van der Waals surface area contributed by atoms with E-state index in [4.69, 9.17) is 4.74 Å². The number of anilines is 1. The largest absolute Gasteiger partial charge is 0.493 e. The van der Waals surface area contributed by atoms with Crippen LogP contribution in [0.25, 0.3) is 10.9 Å². The van der Waals surface area contributed by atoms with Crippen molar-refractivity contribution in [1.82, 2.24) is 4.98 Å². The van der Waals surface area contributed by atoms with Crippen molar-refractivity contribution in [3.8, 4) is 5.75 Å². The molecule has 2 heterocycles. The van der Waals surface area contributed by atoms with Crippen molar-refractivity contribution in [2.45, 2.75) is 25.7 Å². The fraction of sp³-hybridized carbons (Fsp3) is 0.192. The van der Waals surface area contributed by atoms with Crippen LogP contribution in [-0.2, 0) is 4.79 Å². The first kappa shape index (κ1) is 18.5. The van der Waals surface area contributed by atoms with E-state index in [1.165, 1.54) is 34.6 Å². The fourth-order valence-electron chi connectivity index (χ4n) is 4.58. The van der Waals surface area contributed by atoms with Crippen LogP contribution < -0.4 is 10.1 Å². The summed E-state index contributed by atoms with van der Waals surface area (Å²) in [7, 11) is 0. The molecule has 1 aromatic heterocycles. The van der Waals surface area contributed by atoms with Gasteiger partial charge in [-0.05, 0) is 47.9 Å². The lowest BCUT2D eigenvalue weighted by Crippen LogP contribution is -2.25. The van der Waals surface area contributed by atoms with Crippen molar-refractivity contribution in [3.05, 3.63) is 95.2 Å². The molecule has 1 amide bonds. The first-order valence-corrected chi connectivity index (χ1v) is 10.3. The standard InChI is InChI=1S/C26H24N2O2/c1-16-7-12-21-25(13-16)30-15-23(22-14-27-24-6-4-3-5-20(22)24)26(21)18-8-10-19(11-9-18)28-17(2)29/h3-14,23,26-27H,15H2,1-2H3,(H,28,29). The van der Waals surface area contributed by atoms with Crippen molar-refractivity contribution < 1.29 is 9.53 Å². The number of nitrogens with one attached hydrogen (secondary N) is 2. The Balaban J connectivity index is 1.63. The number of carbonyl (C=O) groups excluding carboxylic acids is 1. The zero-order chi connectivity index (χ0) is 20.7. The predicted molar refractivity (Wildman–Crippen MR) is 120 cm³/mol. The van der Waals surface area contributed by atoms with Gasteiger partial charge in [-0.3, -0.25) is 4.79 Å². The van der Waals surface area contributed by atoms with E-state index in [2.05, 4.69) is 78.0 Å². The number of rotatable bonds is 3. The smallest absolute Gasteiger partial charge is 0.221 e. The molecule has 0 spiro atoms. The average Bonchev–Trinajstić information content (AvgIpc) is 3.17. The molecule has 2 unspecified atom stereocenters. The zero-order valence-electron chi connectivity index (χ0n) is 17.1. The lowest BCUT2D eigenvalue weighted by molar-refractivity contribution is -0.114. The van der Waals surface area contributed by atoms with Gasteiger partial charge in [-0.1, -0.05) is 42.5 Å². The third-order valence-corrected chi connectivity index (χ3v) is 5.94. The van der Waals surface area contributed by atoms with E-state index >= 15 is 0 Å². The number of H-pyrrole nitrogens is 1. The highest BCUT2D eigenvalue weighted by atomic mass is 16.5. The minimum atomic E-state index is -0.0636. The summed E-state index contributed by atoms with van der Waals surface area (Å²) in [6.45, 7) is 4.24. The molecule has 3 aromatic carbocycles. The molecular weight excluding hydrogens is 372 g/mol. The predicted octanol–water partition coefficient (Wildman–Crippen LogP) is 5.74. The maximum atomic E-state index is 11.4. The number of amides is 1. The van der Waals surface area contributed by atoms with Crippen molar-refractivity contribution in [2.24, 2.45) is 0 Å². The Morgan fingerprint density at radius 1 is 1.03 bits per heavy atom. The molecule has 4 aromatic rings. The van der Waals surface area contributed by atoms with Crippen LogP contribution in [0.4, 0.5) is 5.69 Å². The summed E-state index contributed by atoms with van der Waals surface area (Å²) in [4.78, 5) is 14.8. The van der Waals surface area contributed by atoms with Gasteiger partial charge in [0.1, 0.15) is 5.75 Å². The minimum absolute atomic E-state index is 0.0636. The fourth-order valence-corrected chi connectivity index (χ4v) is 4.58. The lowest BCUT2D eigenvalue weighted by Gasteiger charge is -2.34. The zero-order valence-corrected chi connectivity index (χ0v) is 17.1. The topological polar surface area (TPSA) is 54.1 Å². The third kappa shape index (κ3) is 3.24. The number of fused-ring (bicyclic) bond motifs is 2. The molecule has 0 radical (unpaired) electrons. The maximum absolute atomic E-state index is 11.4. The lowest BCUT2D eigenvalue weighted by atomic mass is 9.75. The van der Waals surface area contributed by atoms with Crippen molar-refractivity contribution in [3.63, 3.8) is 0 Å². The molecule has 0 fully saturated rings. The molecule has 1 aliphatic heterocycles. The van der Waals surface area contributed by atoms with Crippen molar-refractivity contribution in [1.29, 1.82) is 0 Å². The number of aromatic nitrogens is 1. The van der Waals surface area contributed by atoms with Gasteiger partial charge in [0, 0.05) is 47.1 Å². The van der Waals surface area contributed by atoms with E-state index in [9.17, 15) is 4.79 Å². The van der Waals surface area contributed by atoms with Crippen LogP contribution in [0.2, 0.25) is 0 Å².